The molecule has 0 radical (unpaired) electrons. The zero-order valence-electron chi connectivity index (χ0n) is 58.1. The lowest BCUT2D eigenvalue weighted by Gasteiger charge is -2.21. The van der Waals surface area contributed by atoms with Crippen molar-refractivity contribution in [3.63, 3.8) is 0 Å². The number of carbonyl (C=O) groups excluding carboxylic acids is 4. The van der Waals surface area contributed by atoms with E-state index in [2.05, 4.69) is 27.7 Å². The molecule has 0 aromatic heterocycles. The third-order valence-corrected chi connectivity index (χ3v) is 18.5. The third kappa shape index (κ3) is 64.8. The van der Waals surface area contributed by atoms with Gasteiger partial charge in [-0.05, 0) is 25.7 Å². The van der Waals surface area contributed by atoms with E-state index in [9.17, 15) is 43.2 Å². The van der Waals surface area contributed by atoms with Crippen LogP contribution >= 0.6 is 15.6 Å². The monoisotopic (exact) mass is 1320 g/mol. The number of ether oxygens (including phenoxy) is 4. The van der Waals surface area contributed by atoms with E-state index in [1.165, 1.54) is 205 Å². The molecule has 17 nitrogen and oxygen atoms in total. The molecule has 0 rings (SSSR count). The summed E-state index contributed by atoms with van der Waals surface area (Å²) in [5.74, 6) is -2.12. The van der Waals surface area contributed by atoms with Crippen LogP contribution in [-0.4, -0.2) is 96.7 Å². The van der Waals surface area contributed by atoms with Crippen LogP contribution in [0.5, 0.6) is 0 Å². The topological polar surface area (TPSA) is 237 Å². The van der Waals surface area contributed by atoms with E-state index in [0.29, 0.717) is 25.7 Å². The maximum Gasteiger partial charge on any atom is 0.472 e. The van der Waals surface area contributed by atoms with Gasteiger partial charge in [-0.3, -0.25) is 37.3 Å². The van der Waals surface area contributed by atoms with Crippen molar-refractivity contribution in [1.29, 1.82) is 0 Å². The van der Waals surface area contributed by atoms with Gasteiger partial charge < -0.3 is 33.8 Å². The first-order valence-electron chi connectivity index (χ1n) is 37.3. The number of phosphoric acid groups is 2. The van der Waals surface area contributed by atoms with Crippen molar-refractivity contribution >= 4 is 39.5 Å². The zero-order valence-corrected chi connectivity index (χ0v) is 59.9. The summed E-state index contributed by atoms with van der Waals surface area (Å²) >= 11 is 0. The fraction of sp³-hybridized carbons (Fsp3) is 0.944. The maximum atomic E-state index is 13.0. The minimum Gasteiger partial charge on any atom is -0.462 e. The minimum atomic E-state index is -4.95. The lowest BCUT2D eigenvalue weighted by Crippen LogP contribution is -2.30. The van der Waals surface area contributed by atoms with Gasteiger partial charge in [0.05, 0.1) is 26.4 Å². The highest BCUT2D eigenvalue weighted by atomic mass is 31.2. The van der Waals surface area contributed by atoms with Gasteiger partial charge in [0.2, 0.25) is 0 Å². The Hall–Kier alpha value is -1.94. The van der Waals surface area contributed by atoms with Gasteiger partial charge in [-0.15, -0.1) is 0 Å². The fourth-order valence-corrected chi connectivity index (χ4v) is 12.4. The van der Waals surface area contributed by atoms with Gasteiger partial charge in [-0.2, -0.15) is 0 Å². The van der Waals surface area contributed by atoms with E-state index in [0.717, 1.165) is 89.9 Å². The Kier molecular flexibility index (Phi) is 64.3. The van der Waals surface area contributed by atoms with E-state index in [-0.39, 0.29) is 25.7 Å². The second kappa shape index (κ2) is 65.7. The van der Waals surface area contributed by atoms with Crippen LogP contribution in [-0.2, 0) is 65.4 Å². The first kappa shape index (κ1) is 88.1. The van der Waals surface area contributed by atoms with Crippen molar-refractivity contribution < 1.29 is 80.2 Å². The molecule has 0 bridgehead atoms. The second-order valence-electron chi connectivity index (χ2n) is 25.6. The SMILES string of the molecule is CCCCCCCCCCCCCCCCCCC(=O)O[C@H](COC(=O)CCCCCCCCCCCCCC)COP(=O)(O)OC[C@@H](O)COP(=O)(O)OC[C@@H](COC(=O)CCCCCCCCCCCCC)OC(=O)CCCCCCCCCCCCC. The van der Waals surface area contributed by atoms with Gasteiger partial charge in [-0.25, -0.2) is 9.13 Å². The normalized spacial score (nSPS) is 14.0. The summed E-state index contributed by atoms with van der Waals surface area (Å²) in [7, 11) is -9.90. The summed E-state index contributed by atoms with van der Waals surface area (Å²) in [6.45, 7) is 4.95. The molecular weight excluding hydrogens is 1190 g/mol. The van der Waals surface area contributed by atoms with E-state index in [4.69, 9.17) is 37.0 Å². The number of carbonyl (C=O) groups is 4. The molecule has 90 heavy (non-hydrogen) atoms. The van der Waals surface area contributed by atoms with Crippen molar-refractivity contribution in [2.45, 2.75) is 393 Å². The van der Waals surface area contributed by atoms with Gasteiger partial charge in [0, 0.05) is 25.7 Å². The Labute approximate surface area is 549 Å². The zero-order chi connectivity index (χ0) is 66.1. The predicted octanol–water partition coefficient (Wildman–Crippen LogP) is 20.7. The first-order valence-corrected chi connectivity index (χ1v) is 40.3. The molecule has 0 saturated carbocycles. The summed E-state index contributed by atoms with van der Waals surface area (Å²) in [5.41, 5.74) is 0. The number of rotatable bonds is 72. The highest BCUT2D eigenvalue weighted by molar-refractivity contribution is 7.47. The third-order valence-electron chi connectivity index (χ3n) is 16.6. The smallest absolute Gasteiger partial charge is 0.462 e. The minimum absolute atomic E-state index is 0.108. The van der Waals surface area contributed by atoms with E-state index >= 15 is 0 Å². The molecule has 0 aromatic carbocycles. The van der Waals surface area contributed by atoms with Crippen molar-refractivity contribution in [3.05, 3.63) is 0 Å². The first-order chi connectivity index (χ1) is 43.7. The largest absolute Gasteiger partial charge is 0.472 e. The number of unbranched alkanes of at least 4 members (excludes halogenated alkanes) is 46. The van der Waals surface area contributed by atoms with E-state index < -0.39 is 97.5 Å². The Morgan fingerprint density at radius 3 is 0.656 bits per heavy atom. The van der Waals surface area contributed by atoms with Crippen molar-refractivity contribution in [1.82, 2.24) is 0 Å². The van der Waals surface area contributed by atoms with Crippen LogP contribution in [0.2, 0.25) is 0 Å². The van der Waals surface area contributed by atoms with Gasteiger partial charge in [0.1, 0.15) is 19.3 Å². The Morgan fingerprint density at radius 1 is 0.267 bits per heavy atom. The lowest BCUT2D eigenvalue weighted by atomic mass is 10.0. The number of aliphatic hydroxyl groups excluding tert-OH is 1. The lowest BCUT2D eigenvalue weighted by molar-refractivity contribution is -0.161. The van der Waals surface area contributed by atoms with E-state index in [1.54, 1.807) is 0 Å². The highest BCUT2D eigenvalue weighted by Crippen LogP contribution is 2.45. The quantitative estimate of drug-likeness (QED) is 0.0222. The number of esters is 4. The summed E-state index contributed by atoms with van der Waals surface area (Å²) in [4.78, 5) is 72.6. The number of hydrogen-bond acceptors (Lipinski definition) is 15. The average Bonchev–Trinajstić information content (AvgIpc) is 3.62. The molecule has 534 valence electrons. The summed E-state index contributed by atoms with van der Waals surface area (Å²) in [5, 5.41) is 10.6. The van der Waals surface area contributed by atoms with Crippen LogP contribution in [0.15, 0.2) is 0 Å². The summed E-state index contributed by atoms with van der Waals surface area (Å²) in [6, 6.07) is 0. The molecular formula is C71H138O17P2. The van der Waals surface area contributed by atoms with Crippen LogP contribution in [0, 0.1) is 0 Å². The molecule has 3 N–H and O–H groups in total. The van der Waals surface area contributed by atoms with Crippen LogP contribution < -0.4 is 0 Å². The summed E-state index contributed by atoms with van der Waals surface area (Å²) < 4.78 is 68.3. The molecule has 0 heterocycles. The fourth-order valence-electron chi connectivity index (χ4n) is 10.9. The van der Waals surface area contributed by atoms with Crippen LogP contribution in [0.4, 0.5) is 0 Å². The molecule has 0 spiro atoms. The van der Waals surface area contributed by atoms with Crippen LogP contribution in [0.1, 0.15) is 374 Å². The Bertz CT molecular complexity index is 1720. The van der Waals surface area contributed by atoms with E-state index in [1.807, 2.05) is 0 Å². The molecule has 0 aliphatic heterocycles. The van der Waals surface area contributed by atoms with Gasteiger partial charge in [0.25, 0.3) is 0 Å². The van der Waals surface area contributed by atoms with Crippen LogP contribution in [0.3, 0.4) is 0 Å². The summed E-state index contributed by atoms with van der Waals surface area (Å²) in [6.07, 6.45) is 53.9. The molecule has 0 amide bonds. The van der Waals surface area contributed by atoms with Gasteiger partial charge >= 0.3 is 39.5 Å². The Balaban J connectivity index is 5.23. The Morgan fingerprint density at radius 2 is 0.444 bits per heavy atom. The highest BCUT2D eigenvalue weighted by Gasteiger charge is 2.30. The average molecular weight is 1330 g/mol. The molecule has 0 aliphatic rings. The number of phosphoric ester groups is 2. The molecule has 0 aliphatic carbocycles. The van der Waals surface area contributed by atoms with Crippen molar-refractivity contribution in [2.24, 2.45) is 0 Å². The van der Waals surface area contributed by atoms with Crippen LogP contribution in [0.25, 0.3) is 0 Å². The molecule has 0 fully saturated rings. The second-order valence-corrected chi connectivity index (χ2v) is 28.5. The maximum absolute atomic E-state index is 13.0. The number of hydrogen-bond donors (Lipinski definition) is 3. The van der Waals surface area contributed by atoms with Gasteiger partial charge in [0.15, 0.2) is 12.2 Å². The molecule has 5 atom stereocenters. The molecule has 2 unspecified atom stereocenters. The van der Waals surface area contributed by atoms with Crippen molar-refractivity contribution in [3.8, 4) is 0 Å². The molecule has 0 aromatic rings. The predicted molar refractivity (Wildman–Crippen MR) is 363 cm³/mol. The molecule has 19 heteroatoms. The van der Waals surface area contributed by atoms with Crippen molar-refractivity contribution in [2.75, 3.05) is 39.6 Å². The number of aliphatic hydroxyl groups is 1. The standard InChI is InChI=1S/C71H138O17P2/c1-5-9-13-17-21-25-29-31-32-33-34-38-42-46-50-54-58-71(76)88-67(62-82-69(74)56-52-48-44-40-37-30-26-22-18-14-10-6-2)64-86-90(79,80)84-60-65(72)59-83-89(77,78)85-63-66(87-70(75)57-53-49-45-41-36-28-24-20-16-12-8-4)61-81-68(73)55-51-47-43-39-35-27-23-19-15-11-7-3/h65-67,72H,5-64H2,1-4H3,(H,77,78)(H,79,80)/t65-,66+,67+/m0/s1. The molecule has 0 saturated heterocycles. The van der Waals surface area contributed by atoms with Gasteiger partial charge in [-0.1, -0.05) is 323 Å².